The smallest absolute Gasteiger partial charge is 0.213 e. The summed E-state index contributed by atoms with van der Waals surface area (Å²) >= 11 is 1.78. The summed E-state index contributed by atoms with van der Waals surface area (Å²) in [5.41, 5.74) is 2.21. The van der Waals surface area contributed by atoms with Crippen LogP contribution in [0.15, 0.2) is 71.2 Å². The maximum Gasteiger partial charge on any atom is 0.213 e. The number of pyridine rings is 1. The van der Waals surface area contributed by atoms with E-state index < -0.39 is 0 Å². The molecule has 3 aromatic rings. The zero-order valence-electron chi connectivity index (χ0n) is 16.7. The average molecular weight is 522 g/mol. The maximum absolute atomic E-state index is 5.80. The zero-order valence-corrected chi connectivity index (χ0v) is 19.8. The highest BCUT2D eigenvalue weighted by Gasteiger charge is 2.08. The van der Waals surface area contributed by atoms with Crippen LogP contribution in [0.25, 0.3) is 0 Å². The van der Waals surface area contributed by atoms with Gasteiger partial charge in [0, 0.05) is 43.2 Å². The Labute approximate surface area is 193 Å². The van der Waals surface area contributed by atoms with E-state index in [1.807, 2.05) is 42.5 Å². The molecule has 3 rings (SSSR count). The molecule has 2 aromatic heterocycles. The quantitative estimate of drug-likeness (QED) is 0.253. The Balaban J connectivity index is 0.00000300. The van der Waals surface area contributed by atoms with Crippen LogP contribution in [0.2, 0.25) is 0 Å². The summed E-state index contributed by atoms with van der Waals surface area (Å²) in [5, 5.41) is 8.84. The number of hydrogen-bond acceptors (Lipinski definition) is 4. The first-order valence-corrected chi connectivity index (χ1v) is 10.2. The van der Waals surface area contributed by atoms with Crippen LogP contribution in [0, 0.1) is 0 Å². The van der Waals surface area contributed by atoms with Crippen molar-refractivity contribution in [1.82, 2.24) is 15.6 Å². The van der Waals surface area contributed by atoms with E-state index in [-0.39, 0.29) is 24.0 Å². The molecule has 0 saturated carbocycles. The number of ether oxygens (including phenoxy) is 1. The lowest BCUT2D eigenvalue weighted by atomic mass is 10.1. The molecule has 0 aliphatic carbocycles. The van der Waals surface area contributed by atoms with E-state index in [4.69, 9.17) is 4.74 Å². The van der Waals surface area contributed by atoms with Gasteiger partial charge >= 0.3 is 0 Å². The molecule has 0 aliphatic rings. The van der Waals surface area contributed by atoms with Gasteiger partial charge in [0.15, 0.2) is 5.96 Å². The Hall–Kier alpha value is -2.13. The molecule has 2 heterocycles. The summed E-state index contributed by atoms with van der Waals surface area (Å²) in [6.45, 7) is 4.21. The number of aromatic nitrogens is 1. The molecule has 1 atom stereocenters. The molecule has 0 bridgehead atoms. The lowest BCUT2D eigenvalue weighted by Crippen LogP contribution is -2.38. The van der Waals surface area contributed by atoms with Gasteiger partial charge < -0.3 is 15.4 Å². The van der Waals surface area contributed by atoms with E-state index in [2.05, 4.69) is 45.0 Å². The highest BCUT2D eigenvalue weighted by molar-refractivity contribution is 14.0. The fourth-order valence-corrected chi connectivity index (χ4v) is 3.49. The van der Waals surface area contributed by atoms with E-state index in [1.165, 1.54) is 4.88 Å². The van der Waals surface area contributed by atoms with Crippen molar-refractivity contribution in [2.75, 3.05) is 13.6 Å². The molecule has 0 fully saturated rings. The molecule has 154 valence electrons. The van der Waals surface area contributed by atoms with Gasteiger partial charge in [0.2, 0.25) is 5.88 Å². The van der Waals surface area contributed by atoms with Gasteiger partial charge in [0.05, 0.1) is 0 Å². The minimum absolute atomic E-state index is 0. The van der Waals surface area contributed by atoms with E-state index in [9.17, 15) is 0 Å². The van der Waals surface area contributed by atoms with E-state index in [1.54, 1.807) is 24.6 Å². The second kappa shape index (κ2) is 12.4. The van der Waals surface area contributed by atoms with Crippen LogP contribution in [0.1, 0.15) is 28.8 Å². The Morgan fingerprint density at radius 2 is 1.93 bits per heavy atom. The molecule has 1 aromatic carbocycles. The van der Waals surface area contributed by atoms with Gasteiger partial charge in [-0.05, 0) is 28.6 Å². The Bertz CT molecular complexity index is 872. The molecule has 0 saturated heterocycles. The predicted octanol–water partition coefficient (Wildman–Crippen LogP) is 4.81. The Morgan fingerprint density at radius 1 is 1.10 bits per heavy atom. The van der Waals surface area contributed by atoms with Crippen molar-refractivity contribution in [2.24, 2.45) is 4.99 Å². The Morgan fingerprint density at radius 3 is 2.66 bits per heavy atom. The highest BCUT2D eigenvalue weighted by Crippen LogP contribution is 2.19. The third kappa shape index (κ3) is 7.66. The van der Waals surface area contributed by atoms with Gasteiger partial charge in [-0.15, -0.1) is 35.3 Å². The predicted molar refractivity (Wildman–Crippen MR) is 131 cm³/mol. The number of halogens is 1. The minimum atomic E-state index is 0. The minimum Gasteiger partial charge on any atom is -0.473 e. The van der Waals surface area contributed by atoms with E-state index in [0.29, 0.717) is 24.9 Å². The van der Waals surface area contributed by atoms with Crippen LogP contribution in [-0.2, 0) is 13.2 Å². The van der Waals surface area contributed by atoms with Gasteiger partial charge in [-0.1, -0.05) is 43.3 Å². The van der Waals surface area contributed by atoms with Crippen molar-refractivity contribution in [2.45, 2.75) is 26.0 Å². The largest absolute Gasteiger partial charge is 0.473 e. The molecule has 1 unspecified atom stereocenters. The van der Waals surface area contributed by atoms with Crippen LogP contribution >= 0.6 is 35.3 Å². The molecular weight excluding hydrogens is 495 g/mol. The fraction of sp³-hybridized carbons (Fsp3) is 0.273. The molecule has 29 heavy (non-hydrogen) atoms. The third-order valence-corrected chi connectivity index (χ3v) is 5.42. The molecule has 0 radical (unpaired) electrons. The van der Waals surface area contributed by atoms with Crippen LogP contribution < -0.4 is 15.4 Å². The number of hydrogen-bond donors (Lipinski definition) is 2. The molecule has 2 N–H and O–H groups in total. The van der Waals surface area contributed by atoms with Gasteiger partial charge in [0.25, 0.3) is 0 Å². The van der Waals surface area contributed by atoms with Gasteiger partial charge in [0.1, 0.15) is 6.61 Å². The van der Waals surface area contributed by atoms with Crippen molar-refractivity contribution in [3.63, 3.8) is 0 Å². The van der Waals surface area contributed by atoms with Crippen molar-refractivity contribution >= 4 is 41.3 Å². The summed E-state index contributed by atoms with van der Waals surface area (Å²) in [4.78, 5) is 9.97. The first-order valence-electron chi connectivity index (χ1n) is 9.34. The summed E-state index contributed by atoms with van der Waals surface area (Å²) in [5.74, 6) is 1.85. The number of rotatable bonds is 8. The van der Waals surface area contributed by atoms with E-state index >= 15 is 0 Å². The van der Waals surface area contributed by atoms with Gasteiger partial charge in [-0.2, -0.15) is 0 Å². The summed E-state index contributed by atoms with van der Waals surface area (Å²) in [6, 6.07) is 18.3. The third-order valence-electron chi connectivity index (χ3n) is 4.32. The van der Waals surface area contributed by atoms with Gasteiger partial charge in [-0.25, -0.2) is 4.98 Å². The van der Waals surface area contributed by atoms with Crippen LogP contribution in [0.4, 0.5) is 0 Å². The molecule has 7 heteroatoms. The molecule has 0 amide bonds. The molecule has 0 aliphatic heterocycles. The Kier molecular flexibility index (Phi) is 9.93. The second-order valence-electron chi connectivity index (χ2n) is 6.50. The lowest BCUT2D eigenvalue weighted by Gasteiger charge is -2.15. The first-order chi connectivity index (χ1) is 13.7. The van der Waals surface area contributed by atoms with Crippen LogP contribution in [0.3, 0.4) is 0 Å². The highest BCUT2D eigenvalue weighted by atomic mass is 127. The SMILES string of the molecule is CN=C(NCc1ccnc(OCc2ccccc2)c1)NCC(C)c1cccs1.I. The summed E-state index contributed by atoms with van der Waals surface area (Å²) < 4.78 is 5.80. The summed E-state index contributed by atoms with van der Waals surface area (Å²) in [6.07, 6.45) is 1.77. The van der Waals surface area contributed by atoms with Crippen molar-refractivity contribution in [3.8, 4) is 5.88 Å². The average Bonchev–Trinajstić information content (AvgIpc) is 3.28. The number of guanidine groups is 1. The number of benzene rings is 1. The number of aliphatic imine (C=N–C) groups is 1. The number of nitrogens with zero attached hydrogens (tertiary/aromatic N) is 2. The van der Waals surface area contributed by atoms with Crippen molar-refractivity contribution in [1.29, 1.82) is 0 Å². The standard InChI is InChI=1S/C22H26N4OS.HI/c1-17(20-9-6-12-28-20)14-25-22(23-2)26-15-19-10-11-24-21(13-19)27-16-18-7-4-3-5-8-18;/h3-13,17H,14-16H2,1-2H3,(H2,23,25,26);1H. The zero-order chi connectivity index (χ0) is 19.6. The normalized spacial score (nSPS) is 12.0. The van der Waals surface area contributed by atoms with E-state index in [0.717, 1.165) is 23.6 Å². The maximum atomic E-state index is 5.80. The summed E-state index contributed by atoms with van der Waals surface area (Å²) in [7, 11) is 1.78. The van der Waals surface area contributed by atoms with Gasteiger partial charge in [-0.3, -0.25) is 4.99 Å². The van der Waals surface area contributed by atoms with Crippen molar-refractivity contribution < 1.29 is 4.74 Å². The molecule has 0 spiro atoms. The lowest BCUT2D eigenvalue weighted by molar-refractivity contribution is 0.293. The first kappa shape index (κ1) is 23.2. The molecule has 5 nitrogen and oxygen atoms in total. The number of thiophene rings is 1. The number of nitrogens with one attached hydrogen (secondary N) is 2. The second-order valence-corrected chi connectivity index (χ2v) is 7.48. The topological polar surface area (TPSA) is 58.5 Å². The fourth-order valence-electron chi connectivity index (χ4n) is 2.70. The van der Waals surface area contributed by atoms with Crippen LogP contribution in [-0.4, -0.2) is 24.5 Å². The van der Waals surface area contributed by atoms with Crippen LogP contribution in [0.5, 0.6) is 5.88 Å². The molecular formula is C22H27IN4OS. The monoisotopic (exact) mass is 522 g/mol. The van der Waals surface area contributed by atoms with Crippen molar-refractivity contribution in [3.05, 3.63) is 82.2 Å².